The number of pyridine rings is 1. The predicted octanol–water partition coefficient (Wildman–Crippen LogP) is -2.96. The van der Waals surface area contributed by atoms with Crippen molar-refractivity contribution in [1.29, 1.82) is 0 Å². The van der Waals surface area contributed by atoms with Crippen LogP contribution in [0.2, 0.25) is 0 Å². The summed E-state index contributed by atoms with van der Waals surface area (Å²) in [5, 5.41) is 0.922. The van der Waals surface area contributed by atoms with Crippen LogP contribution in [0.15, 0.2) is 24.4 Å². The molecule has 3 N–H and O–H groups in total. The number of fused-ring (bicyclic) bond motifs is 1. The zero-order valence-electron chi connectivity index (χ0n) is 8.97. The number of halogens is 1. The van der Waals surface area contributed by atoms with Gasteiger partial charge < -0.3 is 0 Å². The van der Waals surface area contributed by atoms with Gasteiger partial charge in [0.2, 0.25) is 6.21 Å². The molecular formula is C9H13ClN2O5+2. The van der Waals surface area contributed by atoms with Gasteiger partial charge in [0.15, 0.2) is 6.20 Å². The molecule has 2 heterocycles. The molecule has 0 radical (unpaired) electrons. The van der Waals surface area contributed by atoms with E-state index in [0.717, 1.165) is 10.1 Å². The summed E-state index contributed by atoms with van der Waals surface area (Å²) in [5.41, 5.74) is 0. The summed E-state index contributed by atoms with van der Waals surface area (Å²) in [6.07, 6.45) is 5.43. The monoisotopic (exact) mass is 264 g/mol. The first-order valence-electron chi connectivity index (χ1n) is 4.59. The molecule has 94 valence electrons. The van der Waals surface area contributed by atoms with E-state index in [4.69, 9.17) is 18.6 Å². The van der Waals surface area contributed by atoms with E-state index in [9.17, 15) is 4.91 Å². The second-order valence-electron chi connectivity index (χ2n) is 3.35. The Kier molecular flexibility index (Phi) is 4.27. The van der Waals surface area contributed by atoms with Crippen molar-refractivity contribution in [3.05, 3.63) is 40.9 Å². The molecule has 0 bridgehead atoms. The van der Waals surface area contributed by atoms with Crippen LogP contribution in [-0.4, -0.2) is 24.8 Å². The van der Waals surface area contributed by atoms with Crippen molar-refractivity contribution in [3.63, 3.8) is 0 Å². The van der Waals surface area contributed by atoms with Gasteiger partial charge in [0.25, 0.3) is 17.6 Å². The molecule has 0 saturated heterocycles. The summed E-state index contributed by atoms with van der Waals surface area (Å²) in [4.78, 5) is 11.2. The first-order chi connectivity index (χ1) is 7.77. The van der Waals surface area contributed by atoms with Crippen molar-refractivity contribution in [2.75, 3.05) is 0 Å². The Hall–Kier alpha value is -1.38. The second-order valence-corrected chi connectivity index (χ2v) is 4.21. The normalized spacial score (nSPS) is 19.1. The molecule has 1 unspecified atom stereocenters. The van der Waals surface area contributed by atoms with Crippen molar-refractivity contribution in [1.82, 2.24) is 0 Å². The molecule has 0 amide bonds. The van der Waals surface area contributed by atoms with Crippen LogP contribution >= 0.6 is 0 Å². The molecule has 0 aliphatic carbocycles. The number of hydrogen-bond donors (Lipinski definition) is 3. The maximum absolute atomic E-state index is 11.2. The van der Waals surface area contributed by atoms with E-state index in [1.54, 1.807) is 6.20 Å². The number of hydrogen-bond acceptors (Lipinski definition) is 5. The molecule has 1 aromatic rings. The van der Waals surface area contributed by atoms with Crippen molar-refractivity contribution in [2.24, 2.45) is 0 Å². The average Bonchev–Trinajstić information content (AvgIpc) is 2.17. The molecule has 0 spiro atoms. The first-order valence-corrected chi connectivity index (χ1v) is 5.91. The minimum atomic E-state index is -4.19. The van der Waals surface area contributed by atoms with Crippen LogP contribution in [0.3, 0.4) is 0 Å². The van der Waals surface area contributed by atoms with Gasteiger partial charge >= 0.3 is 28.9 Å². The topological polar surface area (TPSA) is 110 Å². The van der Waals surface area contributed by atoms with E-state index in [2.05, 4.69) is 0 Å². The van der Waals surface area contributed by atoms with Gasteiger partial charge in [-0.1, -0.05) is 0 Å². The van der Waals surface area contributed by atoms with Gasteiger partial charge in [0.1, 0.15) is 0 Å². The third-order valence-corrected chi connectivity index (χ3v) is 1.96. The molecule has 1 atom stereocenters. The van der Waals surface area contributed by atoms with Crippen molar-refractivity contribution in [2.45, 2.75) is 13.0 Å². The van der Waals surface area contributed by atoms with E-state index >= 15 is 0 Å². The Morgan fingerprint density at radius 1 is 1.35 bits per heavy atom. The van der Waals surface area contributed by atoms with Crippen LogP contribution in [0.25, 0.3) is 6.20 Å². The summed E-state index contributed by atoms with van der Waals surface area (Å²) >= 11 is 0. The van der Waals surface area contributed by atoms with E-state index < -0.39 is 10.2 Å². The van der Waals surface area contributed by atoms with Gasteiger partial charge in [-0.3, -0.25) is 0 Å². The Bertz CT molecular complexity index is 519. The summed E-state index contributed by atoms with van der Waals surface area (Å²) in [7, 11) is -4.19. The van der Waals surface area contributed by atoms with Gasteiger partial charge in [0.05, 0.1) is 0 Å². The summed E-state index contributed by atoms with van der Waals surface area (Å²) in [6, 6.07) is 5.69. The van der Waals surface area contributed by atoms with E-state index in [1.165, 1.54) is 0 Å². The first kappa shape index (κ1) is 13.7. The number of rotatable bonds is 0. The number of nitrogens with zero attached hydrogens (tertiary/aromatic N) is 2. The van der Waals surface area contributed by atoms with Crippen LogP contribution in [0.4, 0.5) is 0 Å². The Balaban J connectivity index is 0.000000249. The minimum absolute atomic E-state index is 0.0788. The second kappa shape index (κ2) is 5.30. The molecule has 17 heavy (non-hydrogen) atoms. The van der Waals surface area contributed by atoms with Gasteiger partial charge in [-0.25, -0.2) is 0 Å². The van der Waals surface area contributed by atoms with Crippen molar-refractivity contribution >= 4 is 6.20 Å². The molecular weight excluding hydrogens is 252 g/mol. The molecule has 0 saturated carbocycles. The zero-order valence-corrected chi connectivity index (χ0v) is 9.73. The molecule has 1 aliphatic rings. The van der Waals surface area contributed by atoms with Gasteiger partial charge in [-0.2, -0.15) is 4.24 Å². The fourth-order valence-electron chi connectivity index (χ4n) is 1.26. The van der Waals surface area contributed by atoms with Crippen LogP contribution in [-0.2, 0) is 0 Å². The molecule has 1 aromatic heterocycles. The van der Waals surface area contributed by atoms with Gasteiger partial charge in [-0.15, -0.1) is 0 Å². The summed E-state index contributed by atoms with van der Waals surface area (Å²) in [6.45, 7) is 1.87. The Labute approximate surface area is 98.5 Å². The fraction of sp³-hybridized carbons (Fsp3) is 0.222. The Morgan fingerprint density at radius 2 is 1.94 bits per heavy atom. The van der Waals surface area contributed by atoms with Crippen molar-refractivity contribution < 1.29 is 37.9 Å². The third-order valence-electron chi connectivity index (χ3n) is 1.96. The van der Waals surface area contributed by atoms with E-state index in [1.807, 2.05) is 41.8 Å². The molecule has 0 fully saturated rings. The van der Waals surface area contributed by atoms with E-state index in [0.29, 0.717) is 0 Å². The van der Waals surface area contributed by atoms with Crippen LogP contribution in [0.1, 0.15) is 6.92 Å². The molecule has 2 rings (SSSR count). The van der Waals surface area contributed by atoms with Crippen LogP contribution in [0, 0.1) is 21.4 Å². The van der Waals surface area contributed by atoms with Crippen LogP contribution < -0.4 is 14.3 Å². The van der Waals surface area contributed by atoms with Crippen molar-refractivity contribution in [3.8, 4) is 0 Å². The SMILES string of the molecule is CC1C=[n+]2ccccc2=C[N+]1=O.[O-][Cl+](O)(O)O. The van der Waals surface area contributed by atoms with E-state index in [-0.39, 0.29) is 6.04 Å². The number of nitroso groups, excluding NO2 is 1. The molecule has 0 aromatic carbocycles. The summed E-state index contributed by atoms with van der Waals surface area (Å²) < 4.78 is 33.1. The summed E-state index contributed by atoms with van der Waals surface area (Å²) in [5.74, 6) is 0. The fourth-order valence-corrected chi connectivity index (χ4v) is 1.26. The predicted molar refractivity (Wildman–Crippen MR) is 50.2 cm³/mol. The zero-order chi connectivity index (χ0) is 13.1. The standard InChI is InChI=1S/C9H10N2O.ClH3O4/c1-8-6-10-5-3-2-4-9(10)7-11(8)12;2-1(3,4)5/h2-8H,1H3;2-4H/q+2;. The average molecular weight is 265 g/mol. The molecule has 8 heteroatoms. The van der Waals surface area contributed by atoms with Gasteiger partial charge in [-0.05, 0) is 6.07 Å². The molecule has 7 nitrogen and oxygen atoms in total. The molecule has 1 aliphatic heterocycles. The Morgan fingerprint density at radius 3 is 2.53 bits per heavy atom. The number of aromatic nitrogens is 1. The van der Waals surface area contributed by atoms with Gasteiger partial charge in [0, 0.05) is 28.7 Å². The van der Waals surface area contributed by atoms with Crippen LogP contribution in [0.5, 0.6) is 0 Å². The quantitative estimate of drug-likeness (QED) is 0.434. The third kappa shape index (κ3) is 4.98. The maximum atomic E-state index is 11.2.